The number of hydrogen-bond donors (Lipinski definition) is 1. The summed E-state index contributed by atoms with van der Waals surface area (Å²) in [6.07, 6.45) is 0. The Morgan fingerprint density at radius 1 is 1.29 bits per heavy atom. The number of benzene rings is 1. The van der Waals surface area contributed by atoms with Gasteiger partial charge in [0, 0.05) is 9.50 Å². The monoisotopic (exact) mass is 313 g/mol. The molecule has 0 spiro atoms. The molecule has 1 atom stereocenters. The quantitative estimate of drug-likeness (QED) is 0.913. The van der Waals surface area contributed by atoms with Crippen LogP contribution in [0.5, 0.6) is 0 Å². The van der Waals surface area contributed by atoms with Crippen LogP contribution in [-0.4, -0.2) is 7.05 Å². The fraction of sp³-hybridized carbons (Fsp3) is 0.231. The van der Waals surface area contributed by atoms with Gasteiger partial charge in [0.2, 0.25) is 0 Å². The van der Waals surface area contributed by atoms with Gasteiger partial charge in [0.05, 0.1) is 6.04 Å². The summed E-state index contributed by atoms with van der Waals surface area (Å²) in [7, 11) is 1.90. The molecule has 0 fully saturated rings. The van der Waals surface area contributed by atoms with Gasteiger partial charge in [0.1, 0.15) is 11.5 Å². The summed E-state index contributed by atoms with van der Waals surface area (Å²) in [5, 5.41) is 3.94. The first kappa shape index (κ1) is 12.7. The summed E-state index contributed by atoms with van der Waals surface area (Å²) < 4.78 is 6.61. The molecule has 2 nitrogen and oxygen atoms in total. The molecule has 0 aliphatic carbocycles. The maximum Gasteiger partial charge on any atom is 0.125 e. The minimum absolute atomic E-state index is 0.0127. The van der Waals surface area contributed by atoms with Crippen molar-refractivity contribution >= 4 is 27.5 Å². The van der Waals surface area contributed by atoms with Crippen LogP contribution in [0, 0.1) is 6.92 Å². The minimum atomic E-state index is 0.0127. The van der Waals surface area contributed by atoms with E-state index >= 15 is 0 Å². The number of nitrogens with one attached hydrogen (secondary N) is 1. The van der Waals surface area contributed by atoms with E-state index in [0.717, 1.165) is 21.6 Å². The first-order valence-electron chi connectivity index (χ1n) is 5.29. The predicted molar refractivity (Wildman–Crippen MR) is 73.5 cm³/mol. The molecule has 0 aliphatic rings. The van der Waals surface area contributed by atoms with Crippen molar-refractivity contribution in [1.29, 1.82) is 0 Å². The van der Waals surface area contributed by atoms with Crippen molar-refractivity contribution in [2.24, 2.45) is 0 Å². The van der Waals surface area contributed by atoms with Crippen LogP contribution < -0.4 is 5.32 Å². The van der Waals surface area contributed by atoms with E-state index in [1.54, 1.807) is 0 Å². The van der Waals surface area contributed by atoms with Gasteiger partial charge in [-0.1, -0.05) is 27.5 Å². The molecule has 0 aliphatic heterocycles. The van der Waals surface area contributed by atoms with Crippen LogP contribution in [0.4, 0.5) is 0 Å². The molecule has 1 aromatic heterocycles. The van der Waals surface area contributed by atoms with Crippen LogP contribution in [-0.2, 0) is 0 Å². The fourth-order valence-electron chi connectivity index (χ4n) is 1.82. The second kappa shape index (κ2) is 5.25. The summed E-state index contributed by atoms with van der Waals surface area (Å²) in [5.41, 5.74) is 1.07. The molecule has 1 aromatic carbocycles. The zero-order chi connectivity index (χ0) is 12.4. The van der Waals surface area contributed by atoms with Gasteiger partial charge in [-0.05, 0) is 49.9 Å². The molecular formula is C13H13BrClNO. The third-order valence-electron chi connectivity index (χ3n) is 2.55. The third-order valence-corrected chi connectivity index (χ3v) is 3.23. The Kier molecular flexibility index (Phi) is 3.92. The molecule has 0 saturated carbocycles. The first-order valence-corrected chi connectivity index (χ1v) is 6.47. The van der Waals surface area contributed by atoms with Gasteiger partial charge in [-0.25, -0.2) is 0 Å². The van der Waals surface area contributed by atoms with Crippen LogP contribution in [0.2, 0.25) is 5.02 Å². The highest BCUT2D eigenvalue weighted by Crippen LogP contribution is 2.28. The number of hydrogen-bond acceptors (Lipinski definition) is 2. The van der Waals surface area contributed by atoms with Gasteiger partial charge >= 0.3 is 0 Å². The maximum atomic E-state index is 6.06. The van der Waals surface area contributed by atoms with Crippen molar-refractivity contribution in [2.45, 2.75) is 13.0 Å². The fourth-order valence-corrected chi connectivity index (χ4v) is 2.71. The molecule has 17 heavy (non-hydrogen) atoms. The molecule has 1 N–H and O–H groups in total. The second-order valence-electron chi connectivity index (χ2n) is 3.87. The normalized spacial score (nSPS) is 12.7. The molecule has 0 radical (unpaired) electrons. The van der Waals surface area contributed by atoms with E-state index in [2.05, 4.69) is 21.2 Å². The van der Waals surface area contributed by atoms with Crippen molar-refractivity contribution in [3.8, 4) is 0 Å². The van der Waals surface area contributed by atoms with E-state index in [1.807, 2.05) is 44.3 Å². The maximum absolute atomic E-state index is 6.06. The Morgan fingerprint density at radius 2 is 2.06 bits per heavy atom. The first-order chi connectivity index (χ1) is 8.10. The third kappa shape index (κ3) is 2.92. The van der Waals surface area contributed by atoms with Gasteiger partial charge in [0.15, 0.2) is 0 Å². The van der Waals surface area contributed by atoms with Crippen molar-refractivity contribution in [1.82, 2.24) is 5.32 Å². The molecule has 2 aromatic rings. The lowest BCUT2D eigenvalue weighted by Gasteiger charge is -2.15. The van der Waals surface area contributed by atoms with Gasteiger partial charge in [-0.15, -0.1) is 0 Å². The number of aryl methyl sites for hydroxylation is 1. The zero-order valence-electron chi connectivity index (χ0n) is 9.63. The molecule has 90 valence electrons. The number of halogens is 2. The molecular weight excluding hydrogens is 302 g/mol. The summed E-state index contributed by atoms with van der Waals surface area (Å²) >= 11 is 9.50. The Labute approximate surface area is 114 Å². The largest absolute Gasteiger partial charge is 0.464 e. The SMILES string of the molecule is CNC(c1cc(Cl)cc(Br)c1)c1ccc(C)o1. The van der Waals surface area contributed by atoms with Gasteiger partial charge < -0.3 is 9.73 Å². The Morgan fingerprint density at radius 3 is 2.59 bits per heavy atom. The van der Waals surface area contributed by atoms with E-state index < -0.39 is 0 Å². The van der Waals surface area contributed by atoms with Crippen LogP contribution >= 0.6 is 27.5 Å². The van der Waals surface area contributed by atoms with Crippen molar-refractivity contribution in [2.75, 3.05) is 7.05 Å². The average Bonchev–Trinajstić information content (AvgIpc) is 2.64. The topological polar surface area (TPSA) is 25.2 Å². The van der Waals surface area contributed by atoms with E-state index in [1.165, 1.54) is 0 Å². The van der Waals surface area contributed by atoms with Crippen LogP contribution in [0.1, 0.15) is 23.1 Å². The molecule has 2 rings (SSSR count). The summed E-state index contributed by atoms with van der Waals surface area (Å²) in [6.45, 7) is 1.93. The smallest absolute Gasteiger partial charge is 0.125 e. The molecule has 4 heteroatoms. The Bertz CT molecular complexity index is 504. The molecule has 1 heterocycles. The van der Waals surface area contributed by atoms with Gasteiger partial charge in [-0.2, -0.15) is 0 Å². The molecule has 1 unspecified atom stereocenters. The standard InChI is InChI=1S/C13H13BrClNO/c1-8-3-4-12(17-8)13(16-2)9-5-10(14)7-11(15)6-9/h3-7,13,16H,1-2H3. The van der Waals surface area contributed by atoms with Crippen LogP contribution in [0.3, 0.4) is 0 Å². The molecule has 0 amide bonds. The summed E-state index contributed by atoms with van der Waals surface area (Å²) in [5.74, 6) is 1.79. The van der Waals surface area contributed by atoms with Crippen LogP contribution in [0.25, 0.3) is 0 Å². The van der Waals surface area contributed by atoms with Gasteiger partial charge in [0.25, 0.3) is 0 Å². The van der Waals surface area contributed by atoms with Gasteiger partial charge in [-0.3, -0.25) is 0 Å². The lowest BCUT2D eigenvalue weighted by Crippen LogP contribution is -2.17. The Balaban J connectivity index is 2.41. The highest BCUT2D eigenvalue weighted by Gasteiger charge is 2.16. The molecule has 0 bridgehead atoms. The van der Waals surface area contributed by atoms with Crippen LogP contribution in [0.15, 0.2) is 39.2 Å². The Hall–Kier alpha value is -0.770. The summed E-state index contributed by atoms with van der Waals surface area (Å²) in [4.78, 5) is 0. The molecule has 0 saturated heterocycles. The lowest BCUT2D eigenvalue weighted by atomic mass is 10.1. The van der Waals surface area contributed by atoms with E-state index in [0.29, 0.717) is 5.02 Å². The zero-order valence-corrected chi connectivity index (χ0v) is 12.0. The summed E-state index contributed by atoms with van der Waals surface area (Å²) in [6, 6.07) is 9.78. The predicted octanol–water partition coefficient (Wildman–Crippen LogP) is 4.31. The van der Waals surface area contributed by atoms with Crippen molar-refractivity contribution < 1.29 is 4.42 Å². The minimum Gasteiger partial charge on any atom is -0.464 e. The number of furan rings is 1. The van der Waals surface area contributed by atoms with E-state index in [9.17, 15) is 0 Å². The highest BCUT2D eigenvalue weighted by atomic mass is 79.9. The van der Waals surface area contributed by atoms with E-state index in [-0.39, 0.29) is 6.04 Å². The van der Waals surface area contributed by atoms with E-state index in [4.69, 9.17) is 16.0 Å². The average molecular weight is 315 g/mol. The highest BCUT2D eigenvalue weighted by molar-refractivity contribution is 9.10. The number of rotatable bonds is 3. The van der Waals surface area contributed by atoms with Crippen molar-refractivity contribution in [3.05, 3.63) is 56.9 Å². The van der Waals surface area contributed by atoms with Crippen molar-refractivity contribution in [3.63, 3.8) is 0 Å². The lowest BCUT2D eigenvalue weighted by molar-refractivity contribution is 0.444. The second-order valence-corrected chi connectivity index (χ2v) is 5.22.